The molecule has 3 rings (SSSR count). The summed E-state index contributed by atoms with van der Waals surface area (Å²) >= 11 is 0. The third-order valence-corrected chi connectivity index (χ3v) is 3.91. The number of amides is 2. The lowest BCUT2D eigenvalue weighted by atomic mass is 10.1. The molecule has 0 radical (unpaired) electrons. The first-order chi connectivity index (χ1) is 9.54. The van der Waals surface area contributed by atoms with Crippen molar-refractivity contribution in [3.8, 4) is 0 Å². The van der Waals surface area contributed by atoms with Gasteiger partial charge in [-0.1, -0.05) is 6.07 Å². The molecule has 2 amide bonds. The minimum Gasteiger partial charge on any atom is -0.465 e. The summed E-state index contributed by atoms with van der Waals surface area (Å²) in [5, 5.41) is 12.0. The van der Waals surface area contributed by atoms with Crippen molar-refractivity contribution in [1.29, 1.82) is 0 Å². The predicted molar refractivity (Wildman–Crippen MR) is 75.2 cm³/mol. The van der Waals surface area contributed by atoms with E-state index in [9.17, 15) is 9.59 Å². The number of carboxylic acid groups (broad SMARTS) is 1. The van der Waals surface area contributed by atoms with Crippen LogP contribution >= 0.6 is 0 Å². The van der Waals surface area contributed by atoms with Crippen LogP contribution in [-0.4, -0.2) is 47.7 Å². The van der Waals surface area contributed by atoms with Crippen LogP contribution in [0.5, 0.6) is 0 Å². The van der Waals surface area contributed by atoms with Gasteiger partial charge in [0.05, 0.1) is 17.4 Å². The molecule has 2 aliphatic heterocycles. The molecule has 2 heterocycles. The van der Waals surface area contributed by atoms with E-state index in [4.69, 9.17) is 5.11 Å². The Kier molecular flexibility index (Phi) is 3.00. The Labute approximate surface area is 117 Å². The van der Waals surface area contributed by atoms with Crippen LogP contribution in [0.1, 0.15) is 12.0 Å². The number of hydrogen-bond acceptors (Lipinski definition) is 3. The van der Waals surface area contributed by atoms with Gasteiger partial charge in [-0.25, -0.2) is 4.79 Å². The Morgan fingerprint density at radius 3 is 2.95 bits per heavy atom. The molecule has 20 heavy (non-hydrogen) atoms. The fourth-order valence-corrected chi connectivity index (χ4v) is 2.92. The van der Waals surface area contributed by atoms with Crippen LogP contribution in [0, 0.1) is 6.92 Å². The number of rotatable bonds is 0. The highest BCUT2D eigenvalue weighted by atomic mass is 16.4. The van der Waals surface area contributed by atoms with Crippen LogP contribution in [-0.2, 0) is 4.79 Å². The Balaban J connectivity index is 1.97. The molecule has 0 spiro atoms. The Bertz CT molecular complexity index is 573. The second kappa shape index (κ2) is 4.70. The van der Waals surface area contributed by atoms with Crippen LogP contribution in [0.4, 0.5) is 16.2 Å². The molecule has 2 N–H and O–H groups in total. The fraction of sp³-hybridized carbons (Fsp3) is 0.429. The molecule has 0 bridgehead atoms. The van der Waals surface area contributed by atoms with Crippen molar-refractivity contribution in [3.05, 3.63) is 23.8 Å². The topological polar surface area (TPSA) is 72.9 Å². The highest BCUT2D eigenvalue weighted by molar-refractivity contribution is 5.97. The van der Waals surface area contributed by atoms with Gasteiger partial charge in [0.15, 0.2) is 0 Å². The van der Waals surface area contributed by atoms with Crippen molar-refractivity contribution in [2.75, 3.05) is 29.9 Å². The summed E-state index contributed by atoms with van der Waals surface area (Å²) in [6.45, 7) is 3.46. The largest absolute Gasteiger partial charge is 0.465 e. The Morgan fingerprint density at radius 2 is 2.20 bits per heavy atom. The zero-order valence-electron chi connectivity index (χ0n) is 11.3. The van der Waals surface area contributed by atoms with Crippen molar-refractivity contribution in [2.24, 2.45) is 0 Å². The number of piperazine rings is 1. The normalized spacial score (nSPS) is 21.6. The first-order valence-corrected chi connectivity index (χ1v) is 6.69. The van der Waals surface area contributed by atoms with Gasteiger partial charge < -0.3 is 20.2 Å². The van der Waals surface area contributed by atoms with E-state index in [2.05, 4.69) is 10.2 Å². The van der Waals surface area contributed by atoms with E-state index in [0.717, 1.165) is 16.9 Å². The molecule has 0 aromatic heterocycles. The summed E-state index contributed by atoms with van der Waals surface area (Å²) in [6, 6.07) is 5.83. The highest BCUT2D eigenvalue weighted by Gasteiger charge is 2.34. The Hall–Kier alpha value is -2.24. The molecular weight excluding hydrogens is 258 g/mol. The number of nitrogens with one attached hydrogen (secondary N) is 1. The summed E-state index contributed by atoms with van der Waals surface area (Å²) in [5.41, 5.74) is 2.93. The summed E-state index contributed by atoms with van der Waals surface area (Å²) in [5.74, 6) is -0.0603. The van der Waals surface area contributed by atoms with Crippen LogP contribution in [0.2, 0.25) is 0 Å². The van der Waals surface area contributed by atoms with E-state index in [1.807, 2.05) is 25.1 Å². The van der Waals surface area contributed by atoms with Crippen LogP contribution < -0.4 is 10.2 Å². The fourth-order valence-electron chi connectivity index (χ4n) is 2.92. The Morgan fingerprint density at radius 1 is 1.40 bits per heavy atom. The smallest absolute Gasteiger partial charge is 0.407 e. The molecule has 1 fully saturated rings. The molecule has 0 saturated carbocycles. The first kappa shape index (κ1) is 12.8. The SMILES string of the molecule is Cc1ccc2c(c1)N1CCN(C(=O)O)CC1CC(=O)N2. The molecular formula is C14H17N3O3. The van der Waals surface area contributed by atoms with Crippen LogP contribution in [0.15, 0.2) is 18.2 Å². The van der Waals surface area contributed by atoms with E-state index in [1.165, 1.54) is 4.90 Å². The van der Waals surface area contributed by atoms with E-state index < -0.39 is 6.09 Å². The lowest BCUT2D eigenvalue weighted by Gasteiger charge is -2.40. The minimum absolute atomic E-state index is 0.0603. The lowest BCUT2D eigenvalue weighted by Crippen LogP contribution is -2.54. The maximum absolute atomic E-state index is 12.0. The van der Waals surface area contributed by atoms with Crippen LogP contribution in [0.25, 0.3) is 0 Å². The molecule has 6 nitrogen and oxygen atoms in total. The number of aryl methyl sites for hydroxylation is 1. The lowest BCUT2D eigenvalue weighted by molar-refractivity contribution is -0.116. The van der Waals surface area contributed by atoms with Gasteiger partial charge in [0.25, 0.3) is 0 Å². The van der Waals surface area contributed by atoms with E-state index in [1.54, 1.807) is 0 Å². The first-order valence-electron chi connectivity index (χ1n) is 6.69. The van der Waals surface area contributed by atoms with Gasteiger partial charge in [-0.2, -0.15) is 0 Å². The van der Waals surface area contributed by atoms with Crippen LogP contribution in [0.3, 0.4) is 0 Å². The highest BCUT2D eigenvalue weighted by Crippen LogP contribution is 2.33. The van der Waals surface area contributed by atoms with Gasteiger partial charge in [0.2, 0.25) is 5.91 Å². The van der Waals surface area contributed by atoms with Gasteiger partial charge in [-0.05, 0) is 24.6 Å². The molecule has 1 aromatic rings. The number of fused-ring (bicyclic) bond motifs is 3. The van der Waals surface area contributed by atoms with Crippen molar-refractivity contribution in [2.45, 2.75) is 19.4 Å². The van der Waals surface area contributed by atoms with Gasteiger partial charge >= 0.3 is 6.09 Å². The number of hydrogen-bond donors (Lipinski definition) is 2. The molecule has 1 atom stereocenters. The van der Waals surface area contributed by atoms with Crippen molar-refractivity contribution >= 4 is 23.4 Å². The molecule has 1 aromatic carbocycles. The summed E-state index contributed by atoms with van der Waals surface area (Å²) in [4.78, 5) is 26.6. The number of benzene rings is 1. The summed E-state index contributed by atoms with van der Waals surface area (Å²) < 4.78 is 0. The average molecular weight is 275 g/mol. The average Bonchev–Trinajstić information content (AvgIpc) is 2.53. The quantitative estimate of drug-likeness (QED) is 0.752. The van der Waals surface area contributed by atoms with Crippen molar-refractivity contribution in [3.63, 3.8) is 0 Å². The van der Waals surface area contributed by atoms with Gasteiger partial charge in [0, 0.05) is 26.1 Å². The number of anilines is 2. The number of carbonyl (C=O) groups is 2. The maximum Gasteiger partial charge on any atom is 0.407 e. The monoisotopic (exact) mass is 275 g/mol. The van der Waals surface area contributed by atoms with Crippen molar-refractivity contribution < 1.29 is 14.7 Å². The van der Waals surface area contributed by atoms with Gasteiger partial charge in [-0.3, -0.25) is 4.79 Å². The molecule has 1 saturated heterocycles. The van der Waals surface area contributed by atoms with E-state index >= 15 is 0 Å². The predicted octanol–water partition coefficient (Wildman–Crippen LogP) is 1.51. The standard InChI is InChI=1S/C14H17N3O3/c1-9-2-3-11-12(6-9)17-5-4-16(14(19)20)8-10(17)7-13(18)15-11/h2-3,6,10H,4-5,7-8H2,1H3,(H,15,18)(H,19,20). The van der Waals surface area contributed by atoms with Gasteiger partial charge in [-0.15, -0.1) is 0 Å². The second-order valence-electron chi connectivity index (χ2n) is 5.35. The number of nitrogens with zero attached hydrogens (tertiary/aromatic N) is 2. The summed E-state index contributed by atoms with van der Waals surface area (Å²) in [7, 11) is 0. The minimum atomic E-state index is -0.918. The third kappa shape index (κ3) is 2.17. The van der Waals surface area contributed by atoms with E-state index in [-0.39, 0.29) is 11.9 Å². The zero-order chi connectivity index (χ0) is 14.3. The molecule has 0 aliphatic carbocycles. The van der Waals surface area contributed by atoms with Gasteiger partial charge in [0.1, 0.15) is 0 Å². The van der Waals surface area contributed by atoms with E-state index in [0.29, 0.717) is 26.1 Å². The molecule has 6 heteroatoms. The zero-order valence-corrected chi connectivity index (χ0v) is 11.3. The maximum atomic E-state index is 12.0. The second-order valence-corrected chi connectivity index (χ2v) is 5.35. The van der Waals surface area contributed by atoms with Crippen molar-refractivity contribution in [1.82, 2.24) is 4.90 Å². The summed E-state index contributed by atoms with van der Waals surface area (Å²) in [6.07, 6.45) is -0.601. The molecule has 106 valence electrons. The third-order valence-electron chi connectivity index (χ3n) is 3.91. The molecule has 1 unspecified atom stereocenters. The number of carbonyl (C=O) groups excluding carboxylic acids is 1. The molecule has 2 aliphatic rings.